The van der Waals surface area contributed by atoms with E-state index >= 15 is 0 Å². The van der Waals surface area contributed by atoms with Crippen LogP contribution in [0.5, 0.6) is 11.5 Å². The van der Waals surface area contributed by atoms with Gasteiger partial charge in [0, 0.05) is 12.1 Å². The van der Waals surface area contributed by atoms with Crippen LogP contribution < -0.4 is 14.8 Å². The summed E-state index contributed by atoms with van der Waals surface area (Å²) in [5.74, 6) is 0.758. The van der Waals surface area contributed by atoms with Crippen molar-refractivity contribution in [2.75, 3.05) is 26.3 Å². The summed E-state index contributed by atoms with van der Waals surface area (Å²) >= 11 is 0. The van der Waals surface area contributed by atoms with Gasteiger partial charge in [-0.05, 0) is 64.3 Å². The molecule has 0 aromatic heterocycles. The minimum atomic E-state index is -0.306. The van der Waals surface area contributed by atoms with Crippen LogP contribution >= 0.6 is 0 Å². The van der Waals surface area contributed by atoms with Gasteiger partial charge in [0.25, 0.3) is 5.91 Å². The lowest BCUT2D eigenvalue weighted by Gasteiger charge is -2.26. The largest absolute Gasteiger partial charge is 0.490 e. The molecule has 1 saturated heterocycles. The van der Waals surface area contributed by atoms with Crippen molar-refractivity contribution in [3.8, 4) is 11.5 Å². The van der Waals surface area contributed by atoms with Crippen molar-refractivity contribution in [1.82, 2.24) is 10.2 Å². The van der Waals surface area contributed by atoms with Crippen molar-refractivity contribution in [1.29, 1.82) is 0 Å². The standard InChI is InChI=1S/C25H32N2O4/c1-5-30-22-10-9-19(15-23(22)31-6-2)25(29)26-16-24(28)27-11-7-8-21(27)20-13-17(3)12-18(4)14-20/h9-10,12-15,21H,5-8,11,16H2,1-4H3,(H,26,29). The monoisotopic (exact) mass is 424 g/mol. The fourth-order valence-electron chi connectivity index (χ4n) is 4.17. The first-order valence-corrected chi connectivity index (χ1v) is 11.0. The molecule has 2 aromatic rings. The van der Waals surface area contributed by atoms with E-state index in [9.17, 15) is 9.59 Å². The van der Waals surface area contributed by atoms with Crippen LogP contribution in [0.3, 0.4) is 0 Å². The van der Waals surface area contributed by atoms with Gasteiger partial charge in [-0.1, -0.05) is 29.3 Å². The Balaban J connectivity index is 1.65. The number of nitrogens with one attached hydrogen (secondary N) is 1. The fourth-order valence-corrected chi connectivity index (χ4v) is 4.17. The number of hydrogen-bond acceptors (Lipinski definition) is 4. The van der Waals surface area contributed by atoms with Crippen molar-refractivity contribution in [3.63, 3.8) is 0 Å². The van der Waals surface area contributed by atoms with Gasteiger partial charge in [-0.3, -0.25) is 9.59 Å². The van der Waals surface area contributed by atoms with Crippen molar-refractivity contribution < 1.29 is 19.1 Å². The number of amides is 2. The van der Waals surface area contributed by atoms with Crippen molar-refractivity contribution in [3.05, 3.63) is 58.7 Å². The highest BCUT2D eigenvalue weighted by atomic mass is 16.5. The zero-order valence-electron chi connectivity index (χ0n) is 18.9. The zero-order valence-corrected chi connectivity index (χ0v) is 18.9. The van der Waals surface area contributed by atoms with E-state index < -0.39 is 0 Å². The van der Waals surface area contributed by atoms with Crippen LogP contribution in [-0.4, -0.2) is 43.0 Å². The molecule has 2 aromatic carbocycles. The van der Waals surface area contributed by atoms with Gasteiger partial charge in [-0.15, -0.1) is 0 Å². The molecule has 6 nitrogen and oxygen atoms in total. The van der Waals surface area contributed by atoms with Crippen LogP contribution in [0.2, 0.25) is 0 Å². The third-order valence-corrected chi connectivity index (χ3v) is 5.41. The lowest BCUT2D eigenvalue weighted by molar-refractivity contribution is -0.131. The number of hydrogen-bond donors (Lipinski definition) is 1. The lowest BCUT2D eigenvalue weighted by Crippen LogP contribution is -2.39. The molecule has 1 aliphatic rings. The minimum absolute atomic E-state index is 0.0304. The van der Waals surface area contributed by atoms with Crippen molar-refractivity contribution >= 4 is 11.8 Å². The number of carbonyl (C=O) groups is 2. The molecule has 1 fully saturated rings. The van der Waals surface area contributed by atoms with Gasteiger partial charge in [0.05, 0.1) is 25.8 Å². The molecule has 0 saturated carbocycles. The molecule has 1 heterocycles. The minimum Gasteiger partial charge on any atom is -0.490 e. The number of benzene rings is 2. The Kier molecular flexibility index (Phi) is 7.55. The number of aryl methyl sites for hydroxylation is 2. The summed E-state index contributed by atoms with van der Waals surface area (Å²) in [7, 11) is 0. The van der Waals surface area contributed by atoms with E-state index in [-0.39, 0.29) is 24.4 Å². The van der Waals surface area contributed by atoms with Gasteiger partial charge in [-0.25, -0.2) is 0 Å². The highest BCUT2D eigenvalue weighted by molar-refractivity contribution is 5.97. The summed E-state index contributed by atoms with van der Waals surface area (Å²) in [4.78, 5) is 27.4. The molecule has 1 aliphatic heterocycles. The maximum atomic E-state index is 12.9. The summed E-state index contributed by atoms with van der Waals surface area (Å²) in [5, 5.41) is 2.76. The second kappa shape index (κ2) is 10.3. The summed E-state index contributed by atoms with van der Waals surface area (Å²) in [6.07, 6.45) is 1.91. The Labute approximate surface area is 184 Å². The summed E-state index contributed by atoms with van der Waals surface area (Å²) in [5.41, 5.74) is 4.00. The number of likely N-dealkylation sites (tertiary alicyclic amines) is 1. The Morgan fingerprint density at radius 2 is 1.68 bits per heavy atom. The molecule has 1 atom stereocenters. The first-order chi connectivity index (χ1) is 14.9. The molecule has 0 radical (unpaired) electrons. The maximum Gasteiger partial charge on any atom is 0.251 e. The highest BCUT2D eigenvalue weighted by Crippen LogP contribution is 2.33. The van der Waals surface area contributed by atoms with Gasteiger partial charge in [-0.2, -0.15) is 0 Å². The van der Waals surface area contributed by atoms with E-state index in [4.69, 9.17) is 9.47 Å². The van der Waals surface area contributed by atoms with Crippen LogP contribution in [0, 0.1) is 13.8 Å². The van der Waals surface area contributed by atoms with Gasteiger partial charge >= 0.3 is 0 Å². The molecule has 31 heavy (non-hydrogen) atoms. The average molecular weight is 425 g/mol. The number of rotatable bonds is 8. The van der Waals surface area contributed by atoms with E-state index in [2.05, 4.69) is 37.4 Å². The molecular formula is C25H32N2O4. The number of nitrogens with zero attached hydrogens (tertiary/aromatic N) is 1. The number of carbonyl (C=O) groups excluding carboxylic acids is 2. The highest BCUT2D eigenvalue weighted by Gasteiger charge is 2.30. The summed E-state index contributed by atoms with van der Waals surface area (Å²) < 4.78 is 11.1. The molecule has 2 amide bonds. The smallest absolute Gasteiger partial charge is 0.251 e. The average Bonchev–Trinajstić information content (AvgIpc) is 3.23. The van der Waals surface area contributed by atoms with E-state index in [1.165, 1.54) is 16.7 Å². The lowest BCUT2D eigenvalue weighted by atomic mass is 9.99. The van der Waals surface area contributed by atoms with E-state index in [1.54, 1.807) is 18.2 Å². The first kappa shape index (κ1) is 22.7. The predicted octanol–water partition coefficient (Wildman–Crippen LogP) is 4.19. The summed E-state index contributed by atoms with van der Waals surface area (Å²) in [6.45, 7) is 9.59. The topological polar surface area (TPSA) is 67.9 Å². The van der Waals surface area contributed by atoms with E-state index in [0.29, 0.717) is 36.8 Å². The first-order valence-electron chi connectivity index (χ1n) is 11.0. The molecule has 6 heteroatoms. The summed E-state index contributed by atoms with van der Waals surface area (Å²) in [6, 6.07) is 11.6. The quantitative estimate of drug-likeness (QED) is 0.690. The third kappa shape index (κ3) is 5.57. The molecular weight excluding hydrogens is 392 g/mol. The van der Waals surface area contributed by atoms with Crippen LogP contribution in [0.1, 0.15) is 59.8 Å². The predicted molar refractivity (Wildman–Crippen MR) is 121 cm³/mol. The van der Waals surface area contributed by atoms with Crippen LogP contribution in [0.15, 0.2) is 36.4 Å². The Bertz CT molecular complexity index is 921. The third-order valence-electron chi connectivity index (χ3n) is 5.41. The van der Waals surface area contributed by atoms with Crippen molar-refractivity contribution in [2.24, 2.45) is 0 Å². The van der Waals surface area contributed by atoms with Crippen LogP contribution in [-0.2, 0) is 4.79 Å². The van der Waals surface area contributed by atoms with Crippen LogP contribution in [0.4, 0.5) is 0 Å². The van der Waals surface area contributed by atoms with E-state index in [0.717, 1.165) is 12.8 Å². The second-order valence-corrected chi connectivity index (χ2v) is 7.88. The molecule has 0 aliphatic carbocycles. The maximum absolute atomic E-state index is 12.9. The van der Waals surface area contributed by atoms with Gasteiger partial charge in [0.15, 0.2) is 11.5 Å². The number of ether oxygens (including phenoxy) is 2. The van der Waals surface area contributed by atoms with Crippen molar-refractivity contribution in [2.45, 2.75) is 46.6 Å². The molecule has 1 N–H and O–H groups in total. The van der Waals surface area contributed by atoms with Gasteiger partial charge in [0.2, 0.25) is 5.91 Å². The Morgan fingerprint density at radius 1 is 1.00 bits per heavy atom. The molecule has 166 valence electrons. The fraction of sp³-hybridized carbons (Fsp3) is 0.440. The normalized spacial score (nSPS) is 15.6. The van der Waals surface area contributed by atoms with E-state index in [1.807, 2.05) is 18.7 Å². The molecule has 1 unspecified atom stereocenters. The Hall–Kier alpha value is -3.02. The van der Waals surface area contributed by atoms with Gasteiger partial charge < -0.3 is 19.7 Å². The SMILES string of the molecule is CCOc1ccc(C(=O)NCC(=O)N2CCCC2c2cc(C)cc(C)c2)cc1OCC. The molecule has 0 bridgehead atoms. The molecule has 0 spiro atoms. The zero-order chi connectivity index (χ0) is 22.4. The Morgan fingerprint density at radius 3 is 2.35 bits per heavy atom. The second-order valence-electron chi connectivity index (χ2n) is 7.88. The van der Waals surface area contributed by atoms with Gasteiger partial charge in [0.1, 0.15) is 0 Å². The molecule has 3 rings (SSSR count). The van der Waals surface area contributed by atoms with Crippen LogP contribution in [0.25, 0.3) is 0 Å².